The third-order valence-electron chi connectivity index (χ3n) is 3.56. The molecule has 23 heavy (non-hydrogen) atoms. The molecule has 0 aromatic carbocycles. The van der Waals surface area contributed by atoms with Crippen molar-refractivity contribution < 1.29 is 9.53 Å². The predicted octanol–water partition coefficient (Wildman–Crippen LogP) is 2.24. The summed E-state index contributed by atoms with van der Waals surface area (Å²) in [6.07, 6.45) is 1.53. The van der Waals surface area contributed by atoms with Gasteiger partial charge in [0.15, 0.2) is 11.5 Å². The second-order valence-electron chi connectivity index (χ2n) is 5.29. The molecule has 3 aromatic rings. The quantitative estimate of drug-likeness (QED) is 0.802. The van der Waals surface area contributed by atoms with Gasteiger partial charge >= 0.3 is 0 Å². The monoisotopic (exact) mass is 311 g/mol. The molecule has 7 heteroatoms. The first-order chi connectivity index (χ1) is 11.0. The van der Waals surface area contributed by atoms with Crippen molar-refractivity contribution >= 4 is 22.8 Å². The number of nitrogens with zero attached hydrogens (tertiary/aromatic N) is 4. The molecule has 0 aliphatic carbocycles. The normalized spacial score (nSPS) is 10.8. The molecule has 0 fully saturated rings. The van der Waals surface area contributed by atoms with Crippen LogP contribution in [0.2, 0.25) is 0 Å². The van der Waals surface area contributed by atoms with Crippen molar-refractivity contribution in [2.75, 3.05) is 12.4 Å². The second kappa shape index (κ2) is 5.68. The zero-order valence-electron chi connectivity index (χ0n) is 13.4. The van der Waals surface area contributed by atoms with E-state index in [0.717, 1.165) is 22.3 Å². The average Bonchev–Trinajstić information content (AvgIpc) is 2.83. The molecule has 0 saturated carbocycles. The molecule has 0 unspecified atom stereocenters. The topological polar surface area (TPSA) is 81.9 Å². The smallest absolute Gasteiger partial charge is 0.257 e. The van der Waals surface area contributed by atoms with Crippen molar-refractivity contribution in [1.82, 2.24) is 19.7 Å². The lowest BCUT2D eigenvalue weighted by molar-refractivity contribution is 0.102. The number of pyridine rings is 2. The summed E-state index contributed by atoms with van der Waals surface area (Å²) in [7, 11) is 3.31. The van der Waals surface area contributed by atoms with E-state index >= 15 is 0 Å². The van der Waals surface area contributed by atoms with Gasteiger partial charge in [0.25, 0.3) is 5.91 Å². The van der Waals surface area contributed by atoms with E-state index in [1.165, 1.54) is 13.3 Å². The van der Waals surface area contributed by atoms with Crippen molar-refractivity contribution in [3.05, 3.63) is 41.2 Å². The highest BCUT2D eigenvalue weighted by Gasteiger charge is 2.16. The van der Waals surface area contributed by atoms with E-state index in [2.05, 4.69) is 20.4 Å². The molecule has 0 bridgehead atoms. The highest BCUT2D eigenvalue weighted by molar-refractivity contribution is 6.08. The molecule has 0 aliphatic rings. The number of aromatic nitrogens is 4. The molecule has 0 aliphatic heterocycles. The molecule has 118 valence electrons. The molecule has 7 nitrogen and oxygen atoms in total. The predicted molar refractivity (Wildman–Crippen MR) is 86.7 cm³/mol. The lowest BCUT2D eigenvalue weighted by Gasteiger charge is -2.05. The van der Waals surface area contributed by atoms with Crippen LogP contribution < -0.4 is 10.1 Å². The summed E-state index contributed by atoms with van der Waals surface area (Å²) in [6, 6.07) is 5.17. The molecule has 1 N–H and O–H groups in total. The molecule has 0 spiro atoms. The summed E-state index contributed by atoms with van der Waals surface area (Å²) in [5.74, 6) is 0.607. The molecule has 1 amide bonds. The van der Waals surface area contributed by atoms with Crippen LogP contribution in [0.25, 0.3) is 11.0 Å². The van der Waals surface area contributed by atoms with Gasteiger partial charge in [-0.2, -0.15) is 5.10 Å². The van der Waals surface area contributed by atoms with Gasteiger partial charge in [0.2, 0.25) is 5.88 Å². The number of carbonyl (C=O) groups is 1. The van der Waals surface area contributed by atoms with Crippen LogP contribution in [-0.2, 0) is 7.05 Å². The molecule has 0 radical (unpaired) electrons. The summed E-state index contributed by atoms with van der Waals surface area (Å²) in [4.78, 5) is 20.9. The Kier molecular flexibility index (Phi) is 3.69. The number of carbonyl (C=O) groups excluding carboxylic acids is 1. The van der Waals surface area contributed by atoms with Crippen LogP contribution in [0, 0.1) is 13.8 Å². The van der Waals surface area contributed by atoms with E-state index in [1.54, 1.807) is 23.9 Å². The number of hydrogen-bond acceptors (Lipinski definition) is 5. The zero-order valence-corrected chi connectivity index (χ0v) is 13.4. The SMILES string of the molecule is COc1cc(C(=O)Nc2nn(C)c3nc(C)cc(C)c23)ccn1. The van der Waals surface area contributed by atoms with Crippen molar-refractivity contribution in [3.8, 4) is 5.88 Å². The van der Waals surface area contributed by atoms with Crippen LogP contribution in [-0.4, -0.2) is 32.8 Å². The summed E-state index contributed by atoms with van der Waals surface area (Å²) in [5, 5.41) is 8.05. The number of ether oxygens (including phenoxy) is 1. The minimum absolute atomic E-state index is 0.273. The molecule has 3 rings (SSSR count). The third kappa shape index (κ3) is 2.73. The Labute approximate surface area is 133 Å². The first kappa shape index (κ1) is 15.0. The molecular formula is C16H17N5O2. The second-order valence-corrected chi connectivity index (χ2v) is 5.29. The molecular weight excluding hydrogens is 294 g/mol. The fraction of sp³-hybridized carbons (Fsp3) is 0.250. The van der Waals surface area contributed by atoms with E-state index in [0.29, 0.717) is 17.3 Å². The van der Waals surface area contributed by atoms with E-state index in [1.807, 2.05) is 19.9 Å². The van der Waals surface area contributed by atoms with Crippen molar-refractivity contribution in [1.29, 1.82) is 0 Å². The Morgan fingerprint density at radius 3 is 2.83 bits per heavy atom. The molecule has 3 aromatic heterocycles. The summed E-state index contributed by atoms with van der Waals surface area (Å²) < 4.78 is 6.71. The minimum Gasteiger partial charge on any atom is -0.481 e. The van der Waals surface area contributed by atoms with E-state index in [-0.39, 0.29) is 5.91 Å². The first-order valence-corrected chi connectivity index (χ1v) is 7.12. The minimum atomic E-state index is -0.273. The number of rotatable bonds is 3. The Balaban J connectivity index is 2.00. The van der Waals surface area contributed by atoms with Gasteiger partial charge < -0.3 is 10.1 Å². The maximum atomic E-state index is 12.4. The first-order valence-electron chi connectivity index (χ1n) is 7.12. The fourth-order valence-corrected chi connectivity index (χ4v) is 2.52. The van der Waals surface area contributed by atoms with Crippen molar-refractivity contribution in [3.63, 3.8) is 0 Å². The summed E-state index contributed by atoms with van der Waals surface area (Å²) in [6.45, 7) is 3.91. The van der Waals surface area contributed by atoms with Crippen LogP contribution in [0.5, 0.6) is 5.88 Å². The highest BCUT2D eigenvalue weighted by atomic mass is 16.5. The average molecular weight is 311 g/mol. The van der Waals surface area contributed by atoms with Gasteiger partial charge in [0.1, 0.15) is 0 Å². The van der Waals surface area contributed by atoms with Gasteiger partial charge in [0.05, 0.1) is 12.5 Å². The third-order valence-corrected chi connectivity index (χ3v) is 3.56. The number of fused-ring (bicyclic) bond motifs is 1. The zero-order chi connectivity index (χ0) is 16.6. The van der Waals surface area contributed by atoms with Crippen LogP contribution in [0.4, 0.5) is 5.82 Å². The van der Waals surface area contributed by atoms with Crippen molar-refractivity contribution in [2.45, 2.75) is 13.8 Å². The summed E-state index contributed by atoms with van der Waals surface area (Å²) >= 11 is 0. The lowest BCUT2D eigenvalue weighted by Crippen LogP contribution is -2.13. The maximum Gasteiger partial charge on any atom is 0.257 e. The largest absolute Gasteiger partial charge is 0.481 e. The Bertz CT molecular complexity index is 901. The molecule has 3 heterocycles. The number of nitrogens with one attached hydrogen (secondary N) is 1. The van der Waals surface area contributed by atoms with Gasteiger partial charge in [-0.15, -0.1) is 0 Å². The number of methoxy groups -OCH3 is 1. The standard InChI is InChI=1S/C16H17N5O2/c1-9-7-10(2)18-15-13(9)14(20-21(15)3)19-16(22)11-5-6-17-12(8-11)23-4/h5-8H,1-4H3,(H,19,20,22). The van der Waals surface area contributed by atoms with Gasteiger partial charge in [-0.1, -0.05) is 0 Å². The van der Waals surface area contributed by atoms with Gasteiger partial charge in [0, 0.05) is 30.6 Å². The van der Waals surface area contributed by atoms with Crippen LogP contribution in [0.1, 0.15) is 21.6 Å². The van der Waals surface area contributed by atoms with E-state index in [4.69, 9.17) is 4.74 Å². The number of anilines is 1. The van der Waals surface area contributed by atoms with Crippen LogP contribution in [0.15, 0.2) is 24.4 Å². The highest BCUT2D eigenvalue weighted by Crippen LogP contribution is 2.25. The number of aryl methyl sites for hydroxylation is 3. The maximum absolute atomic E-state index is 12.4. The molecule has 0 saturated heterocycles. The van der Waals surface area contributed by atoms with Gasteiger partial charge in [-0.05, 0) is 31.5 Å². The van der Waals surface area contributed by atoms with Gasteiger partial charge in [-0.3, -0.25) is 4.79 Å². The van der Waals surface area contributed by atoms with Crippen LogP contribution >= 0.6 is 0 Å². The number of hydrogen-bond donors (Lipinski definition) is 1. The van der Waals surface area contributed by atoms with Gasteiger partial charge in [-0.25, -0.2) is 14.6 Å². The Morgan fingerprint density at radius 1 is 1.30 bits per heavy atom. The van der Waals surface area contributed by atoms with E-state index in [9.17, 15) is 4.79 Å². The Hall–Kier alpha value is -2.96. The lowest BCUT2D eigenvalue weighted by atomic mass is 10.1. The molecule has 0 atom stereocenters. The Morgan fingerprint density at radius 2 is 2.09 bits per heavy atom. The van der Waals surface area contributed by atoms with E-state index < -0.39 is 0 Å². The summed E-state index contributed by atoms with van der Waals surface area (Å²) in [5.41, 5.74) is 3.12. The fourth-order valence-electron chi connectivity index (χ4n) is 2.52. The number of amides is 1. The van der Waals surface area contributed by atoms with Crippen molar-refractivity contribution in [2.24, 2.45) is 7.05 Å². The van der Waals surface area contributed by atoms with Crippen LogP contribution in [0.3, 0.4) is 0 Å².